The Hall–Kier alpha value is -2.66. The highest BCUT2D eigenvalue weighted by molar-refractivity contribution is 6.30. The van der Waals surface area contributed by atoms with E-state index in [0.29, 0.717) is 34.0 Å². The third-order valence-corrected chi connectivity index (χ3v) is 6.73. The summed E-state index contributed by atoms with van der Waals surface area (Å²) in [5.74, 6) is 0.684. The molecule has 0 spiro atoms. The van der Waals surface area contributed by atoms with E-state index in [9.17, 15) is 9.59 Å². The number of benzene rings is 2. The lowest BCUT2D eigenvalue weighted by Crippen LogP contribution is -2.41. The van der Waals surface area contributed by atoms with Gasteiger partial charge in [-0.15, -0.1) is 0 Å². The Kier molecular flexibility index (Phi) is 9.28. The van der Waals surface area contributed by atoms with Gasteiger partial charge in [0.15, 0.2) is 0 Å². The molecule has 1 aromatic heterocycles. The standard InChI is InChI=1S/C28H36ClN3O2/c1-5-8-13-21(7-3)27(33)31(18-9-6-2)20(4)26-30-25-17-11-10-16-24(25)28(34)32(26)23-15-12-14-22(29)19-23/h10-12,14-17,19-21H,5-9,13,18H2,1-4H3. The number of carbonyl (C=O) groups is 1. The molecule has 34 heavy (non-hydrogen) atoms. The van der Waals surface area contributed by atoms with Gasteiger partial charge in [0, 0.05) is 17.5 Å². The average molecular weight is 482 g/mol. The first-order chi connectivity index (χ1) is 16.4. The van der Waals surface area contributed by atoms with Crippen molar-refractivity contribution >= 4 is 28.4 Å². The molecule has 2 unspecified atom stereocenters. The summed E-state index contributed by atoms with van der Waals surface area (Å²) in [5.41, 5.74) is 1.13. The number of unbranched alkanes of at least 4 members (excludes halogenated alkanes) is 2. The van der Waals surface area contributed by atoms with Crippen molar-refractivity contribution in [1.82, 2.24) is 14.5 Å². The van der Waals surface area contributed by atoms with Crippen LogP contribution in [0.3, 0.4) is 0 Å². The van der Waals surface area contributed by atoms with Crippen LogP contribution in [0.15, 0.2) is 53.3 Å². The lowest BCUT2D eigenvalue weighted by molar-refractivity contribution is -0.138. The predicted octanol–water partition coefficient (Wildman–Crippen LogP) is 6.95. The SMILES string of the molecule is CCCCC(CC)C(=O)N(CCCC)C(C)c1nc2ccccc2c(=O)n1-c1cccc(Cl)c1. The van der Waals surface area contributed by atoms with Crippen molar-refractivity contribution < 1.29 is 4.79 Å². The largest absolute Gasteiger partial charge is 0.333 e. The van der Waals surface area contributed by atoms with Crippen LogP contribution in [0.25, 0.3) is 16.6 Å². The van der Waals surface area contributed by atoms with E-state index in [-0.39, 0.29) is 23.4 Å². The molecule has 0 bridgehead atoms. The van der Waals surface area contributed by atoms with Gasteiger partial charge in [0.25, 0.3) is 5.56 Å². The van der Waals surface area contributed by atoms with Gasteiger partial charge in [-0.05, 0) is 56.5 Å². The lowest BCUT2D eigenvalue weighted by atomic mass is 9.96. The molecule has 1 heterocycles. The summed E-state index contributed by atoms with van der Waals surface area (Å²) >= 11 is 6.29. The van der Waals surface area contributed by atoms with E-state index < -0.39 is 0 Å². The Labute approximate surface area is 207 Å². The Balaban J connectivity index is 2.17. The number of fused-ring (bicyclic) bond motifs is 1. The molecule has 0 aliphatic heterocycles. The zero-order valence-corrected chi connectivity index (χ0v) is 21.5. The number of halogens is 1. The van der Waals surface area contributed by atoms with Crippen molar-refractivity contribution in [2.45, 2.75) is 72.3 Å². The van der Waals surface area contributed by atoms with Crippen LogP contribution in [0, 0.1) is 5.92 Å². The molecule has 3 aromatic rings. The number of carbonyl (C=O) groups excluding carboxylic acids is 1. The Bertz CT molecular complexity index is 1170. The number of hydrogen-bond donors (Lipinski definition) is 0. The minimum atomic E-state index is -0.369. The second-order valence-electron chi connectivity index (χ2n) is 8.92. The van der Waals surface area contributed by atoms with Crippen molar-refractivity contribution in [1.29, 1.82) is 0 Å². The zero-order chi connectivity index (χ0) is 24.7. The van der Waals surface area contributed by atoms with Gasteiger partial charge in [-0.2, -0.15) is 0 Å². The van der Waals surface area contributed by atoms with Gasteiger partial charge in [-0.3, -0.25) is 14.2 Å². The molecule has 0 fully saturated rings. The summed E-state index contributed by atoms with van der Waals surface area (Å²) in [6.07, 6.45) is 5.66. The highest BCUT2D eigenvalue weighted by atomic mass is 35.5. The second kappa shape index (κ2) is 12.2. The normalized spacial score (nSPS) is 13.1. The molecule has 0 aliphatic rings. The van der Waals surface area contributed by atoms with E-state index in [1.807, 2.05) is 42.2 Å². The molecule has 0 N–H and O–H groups in total. The Morgan fingerprint density at radius 2 is 1.79 bits per heavy atom. The number of amides is 1. The van der Waals surface area contributed by atoms with Gasteiger partial charge in [-0.25, -0.2) is 4.98 Å². The summed E-state index contributed by atoms with van der Waals surface area (Å²) in [4.78, 5) is 34.3. The van der Waals surface area contributed by atoms with Crippen molar-refractivity contribution in [3.05, 3.63) is 69.7 Å². The molecule has 2 aromatic carbocycles. The lowest BCUT2D eigenvalue weighted by Gasteiger charge is -2.33. The molecular formula is C28H36ClN3O2. The predicted molar refractivity (Wildman–Crippen MR) is 141 cm³/mol. The Morgan fingerprint density at radius 3 is 2.47 bits per heavy atom. The van der Waals surface area contributed by atoms with Gasteiger partial charge >= 0.3 is 0 Å². The summed E-state index contributed by atoms with van der Waals surface area (Å²) < 4.78 is 1.62. The molecular weight excluding hydrogens is 446 g/mol. The fraction of sp³-hybridized carbons (Fsp3) is 0.464. The van der Waals surface area contributed by atoms with E-state index >= 15 is 0 Å². The van der Waals surface area contributed by atoms with Gasteiger partial charge in [0.2, 0.25) is 5.91 Å². The van der Waals surface area contributed by atoms with Crippen LogP contribution in [0.4, 0.5) is 0 Å². The van der Waals surface area contributed by atoms with Crippen molar-refractivity contribution in [3.63, 3.8) is 0 Å². The maximum absolute atomic E-state index is 13.7. The van der Waals surface area contributed by atoms with Crippen molar-refractivity contribution in [2.24, 2.45) is 5.92 Å². The van der Waals surface area contributed by atoms with Crippen LogP contribution < -0.4 is 5.56 Å². The minimum Gasteiger partial charge on any atom is -0.333 e. The monoisotopic (exact) mass is 481 g/mol. The summed E-state index contributed by atoms with van der Waals surface area (Å²) in [6.45, 7) is 8.97. The number of rotatable bonds is 11. The van der Waals surface area contributed by atoms with Crippen molar-refractivity contribution in [3.8, 4) is 5.69 Å². The molecule has 0 aliphatic carbocycles. The molecule has 3 rings (SSSR count). The molecule has 182 valence electrons. The minimum absolute atomic E-state index is 0.0222. The van der Waals surface area contributed by atoms with Crippen LogP contribution >= 0.6 is 11.6 Å². The van der Waals surface area contributed by atoms with Gasteiger partial charge in [-0.1, -0.05) is 69.8 Å². The quantitative estimate of drug-likeness (QED) is 0.298. The number of nitrogens with zero attached hydrogens (tertiary/aromatic N) is 3. The van der Waals surface area contributed by atoms with Crippen LogP contribution in [0.1, 0.15) is 78.1 Å². The second-order valence-corrected chi connectivity index (χ2v) is 9.35. The van der Waals surface area contributed by atoms with Gasteiger partial charge < -0.3 is 4.90 Å². The van der Waals surface area contributed by atoms with E-state index in [0.717, 1.165) is 38.5 Å². The molecule has 6 heteroatoms. The van der Waals surface area contributed by atoms with Gasteiger partial charge in [0.05, 0.1) is 22.6 Å². The Morgan fingerprint density at radius 1 is 1.06 bits per heavy atom. The number of para-hydroxylation sites is 1. The first kappa shape index (κ1) is 26.0. The van der Waals surface area contributed by atoms with Crippen LogP contribution in [0.5, 0.6) is 0 Å². The molecule has 1 amide bonds. The smallest absolute Gasteiger partial charge is 0.266 e. The van der Waals surface area contributed by atoms with Crippen LogP contribution in [-0.2, 0) is 4.79 Å². The van der Waals surface area contributed by atoms with E-state index in [2.05, 4.69) is 20.8 Å². The summed E-state index contributed by atoms with van der Waals surface area (Å²) in [7, 11) is 0. The topological polar surface area (TPSA) is 55.2 Å². The maximum Gasteiger partial charge on any atom is 0.266 e. The van der Waals surface area contributed by atoms with E-state index in [1.54, 1.807) is 22.8 Å². The van der Waals surface area contributed by atoms with E-state index in [4.69, 9.17) is 16.6 Å². The molecule has 0 radical (unpaired) electrons. The highest BCUT2D eigenvalue weighted by Crippen LogP contribution is 2.27. The fourth-order valence-electron chi connectivity index (χ4n) is 4.44. The van der Waals surface area contributed by atoms with Crippen LogP contribution in [0.2, 0.25) is 5.02 Å². The first-order valence-electron chi connectivity index (χ1n) is 12.5. The molecule has 0 saturated carbocycles. The van der Waals surface area contributed by atoms with E-state index in [1.165, 1.54) is 0 Å². The van der Waals surface area contributed by atoms with Crippen LogP contribution in [-0.4, -0.2) is 26.9 Å². The molecule has 0 saturated heterocycles. The number of aromatic nitrogens is 2. The van der Waals surface area contributed by atoms with Gasteiger partial charge in [0.1, 0.15) is 5.82 Å². The number of hydrogen-bond acceptors (Lipinski definition) is 3. The highest BCUT2D eigenvalue weighted by Gasteiger charge is 2.30. The zero-order valence-electron chi connectivity index (χ0n) is 20.8. The summed E-state index contributed by atoms with van der Waals surface area (Å²) in [5, 5.41) is 1.08. The fourth-order valence-corrected chi connectivity index (χ4v) is 4.63. The third kappa shape index (κ3) is 5.69. The molecule has 5 nitrogen and oxygen atoms in total. The average Bonchev–Trinajstić information content (AvgIpc) is 2.84. The maximum atomic E-state index is 13.7. The summed E-state index contributed by atoms with van der Waals surface area (Å²) in [6, 6.07) is 14.2. The third-order valence-electron chi connectivity index (χ3n) is 6.49. The molecule has 2 atom stereocenters. The van der Waals surface area contributed by atoms with Crippen molar-refractivity contribution in [2.75, 3.05) is 6.54 Å². The first-order valence-corrected chi connectivity index (χ1v) is 12.9.